The summed E-state index contributed by atoms with van der Waals surface area (Å²) in [5.41, 5.74) is 2.79. The fourth-order valence-electron chi connectivity index (χ4n) is 3.13. The third-order valence-electron chi connectivity index (χ3n) is 4.68. The molecule has 3 N–H and O–H groups in total. The molecule has 9 nitrogen and oxygen atoms in total. The zero-order valence-electron chi connectivity index (χ0n) is 17.2. The van der Waals surface area contributed by atoms with E-state index in [1.165, 1.54) is 12.1 Å². The van der Waals surface area contributed by atoms with Crippen molar-refractivity contribution < 1.29 is 8.94 Å². The van der Waals surface area contributed by atoms with Crippen molar-refractivity contribution in [3.05, 3.63) is 89.2 Å². The average molecular weight is 455 g/mol. The van der Waals surface area contributed by atoms with Crippen LogP contribution in [0.15, 0.2) is 71.2 Å². The number of H-pyrrole nitrogens is 3. The summed E-state index contributed by atoms with van der Waals surface area (Å²) in [5.74, 6) is 0.585. The van der Waals surface area contributed by atoms with Crippen LogP contribution in [0.3, 0.4) is 0 Å². The lowest BCUT2D eigenvalue weighted by molar-refractivity contribution is 0.584. The van der Waals surface area contributed by atoms with Gasteiger partial charge in [0, 0.05) is 32.0 Å². The van der Waals surface area contributed by atoms with Gasteiger partial charge in [-0.05, 0) is 36.2 Å². The Morgan fingerprint density at radius 2 is 1.88 bits per heavy atom. The van der Waals surface area contributed by atoms with E-state index in [0.717, 1.165) is 23.5 Å². The van der Waals surface area contributed by atoms with E-state index < -0.39 is 11.1 Å². The predicted molar refractivity (Wildman–Crippen MR) is 118 cm³/mol. The number of benzene rings is 1. The van der Waals surface area contributed by atoms with Gasteiger partial charge >= 0.3 is 0 Å². The quantitative estimate of drug-likeness (QED) is 0.265. The maximum Gasteiger partial charge on any atom is 0.219 e. The topological polar surface area (TPSA) is 124 Å². The lowest BCUT2D eigenvalue weighted by atomic mass is 10.2. The number of hydrogen-bond donors (Lipinski definition) is 3. The van der Waals surface area contributed by atoms with Gasteiger partial charge in [0.15, 0.2) is 0 Å². The van der Waals surface area contributed by atoms with Crippen molar-refractivity contribution in [1.29, 1.82) is 0 Å². The molecule has 0 aliphatic carbocycles. The molecule has 0 fully saturated rings. The van der Waals surface area contributed by atoms with Crippen molar-refractivity contribution in [2.24, 2.45) is 9.98 Å². The number of nitrogens with zero attached hydrogens (tertiary/aromatic N) is 5. The second-order valence-corrected chi connectivity index (χ2v) is 7.98. The van der Waals surface area contributed by atoms with Crippen LogP contribution in [0.4, 0.5) is 10.2 Å². The molecule has 32 heavy (non-hydrogen) atoms. The largest absolute Gasteiger partial charge is 0.549 e. The van der Waals surface area contributed by atoms with Gasteiger partial charge in [0.05, 0.1) is 18.6 Å². The molecule has 0 amide bonds. The second kappa shape index (κ2) is 10.6. The fourth-order valence-corrected chi connectivity index (χ4v) is 3.85. The first-order valence-corrected chi connectivity index (χ1v) is 11.2. The molecule has 166 valence electrons. The summed E-state index contributed by atoms with van der Waals surface area (Å²) < 4.78 is 30.7. The highest BCUT2D eigenvalue weighted by atomic mass is 32.2. The van der Waals surface area contributed by atoms with E-state index in [4.69, 9.17) is 0 Å². The number of anilines is 1. The van der Waals surface area contributed by atoms with E-state index in [2.05, 4.69) is 38.6 Å². The minimum atomic E-state index is -1.44. The van der Waals surface area contributed by atoms with Crippen molar-refractivity contribution in [1.82, 2.24) is 23.7 Å². The zero-order valence-corrected chi connectivity index (χ0v) is 18.1. The average Bonchev–Trinajstić information content (AvgIpc) is 3.45. The molecule has 1 aromatic carbocycles. The van der Waals surface area contributed by atoms with E-state index >= 15 is 0 Å². The summed E-state index contributed by atoms with van der Waals surface area (Å²) in [6, 6.07) is 12.2. The van der Waals surface area contributed by atoms with E-state index in [1.54, 1.807) is 30.9 Å². The Balaban J connectivity index is 1.43. The van der Waals surface area contributed by atoms with E-state index in [-0.39, 0.29) is 5.82 Å². The van der Waals surface area contributed by atoms with Crippen LogP contribution in [0.5, 0.6) is 0 Å². The number of aromatic amines is 3. The molecular weight excluding hydrogens is 431 g/mol. The smallest absolute Gasteiger partial charge is 0.219 e. The van der Waals surface area contributed by atoms with Crippen molar-refractivity contribution in [3.63, 3.8) is 0 Å². The Hall–Kier alpha value is -3.57. The van der Waals surface area contributed by atoms with Crippen LogP contribution in [0.1, 0.15) is 17.7 Å². The summed E-state index contributed by atoms with van der Waals surface area (Å²) in [6.45, 7) is 2.19. The molecule has 4 aromatic rings. The van der Waals surface area contributed by atoms with Gasteiger partial charge in [-0.15, -0.1) is 0 Å². The second-order valence-electron chi connectivity index (χ2n) is 7.03. The molecule has 0 aliphatic heterocycles. The molecule has 3 heterocycles. The molecule has 1 unspecified atom stereocenters. The highest BCUT2D eigenvalue weighted by molar-refractivity contribution is 7.13. The van der Waals surface area contributed by atoms with Gasteiger partial charge in [0.1, 0.15) is 22.8 Å². The molecule has 0 saturated heterocycles. The molecule has 11 heteroatoms. The minimum absolute atomic E-state index is 0.256. The Bertz CT molecular complexity index is 1230. The number of imidazole rings is 1. The number of nitrogens with one attached hydrogen (secondary N) is 3. The van der Waals surface area contributed by atoms with Crippen LogP contribution in [0, 0.1) is 5.82 Å². The van der Waals surface area contributed by atoms with Crippen molar-refractivity contribution in [2.45, 2.75) is 19.5 Å². The predicted octanol–water partition coefficient (Wildman–Crippen LogP) is 2.43. The van der Waals surface area contributed by atoms with Crippen LogP contribution >= 0.6 is 11.1 Å². The molecule has 1 atom stereocenters. The van der Waals surface area contributed by atoms with Gasteiger partial charge in [0.2, 0.25) is 11.0 Å². The highest BCUT2D eigenvalue weighted by Gasteiger charge is 2.09. The normalized spacial score (nSPS) is 13.0. The summed E-state index contributed by atoms with van der Waals surface area (Å²) in [7, 11) is 0. The first-order valence-electron chi connectivity index (χ1n) is 10.1. The monoisotopic (exact) mass is 454 g/mol. The number of pyridine rings is 1. The minimum Gasteiger partial charge on any atom is -0.549 e. The Morgan fingerprint density at radius 1 is 1.06 bits per heavy atom. The Kier molecular flexibility index (Phi) is 7.20. The Morgan fingerprint density at radius 3 is 2.59 bits per heavy atom. The molecule has 0 spiro atoms. The maximum atomic E-state index is 13.2. The van der Waals surface area contributed by atoms with E-state index in [0.29, 0.717) is 37.2 Å². The standard InChI is InChI=1S/C21H23FN8OS/c22-17-7-5-16(6-8-17)14-30(19-4-1-2-9-24-19)11-3-10-25-20-21(29-32(31)28-20)26-13-18-12-23-15-27-18/h1-2,4-9,12,15H,3,10-11,13-14H2,(H,23,27)(H,25,28)(H,26,29). The number of halogens is 1. The first kappa shape index (κ1) is 21.7. The Labute approximate surface area is 186 Å². The third kappa shape index (κ3) is 5.99. The third-order valence-corrected chi connectivity index (χ3v) is 5.44. The fraction of sp³-hybridized carbons (Fsp3) is 0.238. The summed E-state index contributed by atoms with van der Waals surface area (Å²) in [6.07, 6.45) is 5.76. The molecule has 0 radical (unpaired) electrons. The van der Waals surface area contributed by atoms with Crippen LogP contribution in [0.2, 0.25) is 0 Å². The molecule has 0 bridgehead atoms. The summed E-state index contributed by atoms with van der Waals surface area (Å²) in [5, 5.41) is 0. The van der Waals surface area contributed by atoms with Crippen LogP contribution in [-0.2, 0) is 13.1 Å². The lowest BCUT2D eigenvalue weighted by Gasteiger charge is -2.23. The van der Waals surface area contributed by atoms with E-state index in [9.17, 15) is 8.94 Å². The van der Waals surface area contributed by atoms with Crippen LogP contribution in [0.25, 0.3) is 0 Å². The zero-order chi connectivity index (χ0) is 22.2. The van der Waals surface area contributed by atoms with Crippen molar-refractivity contribution >= 4 is 17.0 Å². The number of hydrogen-bond acceptors (Lipinski definition) is 6. The van der Waals surface area contributed by atoms with Crippen molar-refractivity contribution in [2.75, 3.05) is 18.0 Å². The van der Waals surface area contributed by atoms with E-state index in [1.807, 2.05) is 18.2 Å². The van der Waals surface area contributed by atoms with Crippen LogP contribution in [-0.4, -0.2) is 41.3 Å². The highest BCUT2D eigenvalue weighted by Crippen LogP contribution is 2.15. The first-order chi connectivity index (χ1) is 15.7. The van der Waals surface area contributed by atoms with Gasteiger partial charge in [0.25, 0.3) is 0 Å². The molecule has 3 aromatic heterocycles. The van der Waals surface area contributed by atoms with Gasteiger partial charge in [-0.3, -0.25) is 9.98 Å². The summed E-state index contributed by atoms with van der Waals surface area (Å²) >= 11 is -1.44. The molecule has 4 rings (SSSR count). The lowest BCUT2D eigenvalue weighted by Crippen LogP contribution is -2.28. The summed E-state index contributed by atoms with van der Waals surface area (Å²) in [4.78, 5) is 22.5. The van der Waals surface area contributed by atoms with Gasteiger partial charge in [-0.2, -0.15) is 8.75 Å². The molecule has 0 aliphatic rings. The van der Waals surface area contributed by atoms with Gasteiger partial charge < -0.3 is 14.4 Å². The van der Waals surface area contributed by atoms with Crippen molar-refractivity contribution in [3.8, 4) is 0 Å². The number of aromatic nitrogens is 5. The van der Waals surface area contributed by atoms with Crippen LogP contribution < -0.4 is 15.9 Å². The molecular formula is C21H23FN8OS. The maximum absolute atomic E-state index is 13.2. The number of rotatable bonds is 9. The SMILES string of the molecule is [O-][s+]1[nH]c(=NCCCN(Cc2ccc(F)cc2)c2ccccn2)c(=NCc2cnc[nH]2)[nH]1. The molecule has 0 saturated carbocycles. The van der Waals surface area contributed by atoms with Gasteiger partial charge in [-0.25, -0.2) is 14.4 Å². The van der Waals surface area contributed by atoms with Gasteiger partial charge in [-0.1, -0.05) is 18.2 Å².